The molecule has 0 radical (unpaired) electrons. The van der Waals surface area contributed by atoms with Crippen LogP contribution in [0.5, 0.6) is 0 Å². The molecule has 2 amide bonds. The SMILES string of the molecule is CCCOCC(=O)N1CCC2(CCC(=O)N(Cc3ccncc3)C2)CC1. The average Bonchev–Trinajstić information content (AvgIpc) is 2.66. The van der Waals surface area contributed by atoms with Gasteiger partial charge >= 0.3 is 0 Å². The number of aromatic nitrogens is 1. The Bertz CT molecular complexity index is 612. The molecule has 0 aliphatic carbocycles. The summed E-state index contributed by atoms with van der Waals surface area (Å²) in [6.07, 6.45) is 7.94. The summed E-state index contributed by atoms with van der Waals surface area (Å²) in [6.45, 7) is 5.84. The van der Waals surface area contributed by atoms with Gasteiger partial charge in [-0.15, -0.1) is 0 Å². The molecule has 2 aliphatic rings. The molecule has 2 fully saturated rings. The summed E-state index contributed by atoms with van der Waals surface area (Å²) in [5.41, 5.74) is 1.27. The molecule has 3 rings (SSSR count). The lowest BCUT2D eigenvalue weighted by Gasteiger charge is -2.47. The van der Waals surface area contributed by atoms with Crippen molar-refractivity contribution in [3.05, 3.63) is 30.1 Å². The molecule has 3 heterocycles. The number of carbonyl (C=O) groups excluding carboxylic acids is 2. The van der Waals surface area contributed by atoms with Gasteiger partial charge in [0, 0.05) is 51.6 Å². The van der Waals surface area contributed by atoms with E-state index in [2.05, 4.69) is 4.98 Å². The van der Waals surface area contributed by atoms with Crippen LogP contribution in [-0.4, -0.2) is 59.4 Å². The van der Waals surface area contributed by atoms with Crippen LogP contribution in [-0.2, 0) is 20.9 Å². The monoisotopic (exact) mass is 359 g/mol. The summed E-state index contributed by atoms with van der Waals surface area (Å²) in [5.74, 6) is 0.327. The molecule has 2 saturated heterocycles. The zero-order chi connectivity index (χ0) is 18.4. The minimum atomic E-state index is 0.0915. The zero-order valence-electron chi connectivity index (χ0n) is 15.7. The van der Waals surface area contributed by atoms with Gasteiger partial charge in [-0.3, -0.25) is 14.6 Å². The molecule has 0 N–H and O–H groups in total. The highest BCUT2D eigenvalue weighted by Crippen LogP contribution is 2.40. The van der Waals surface area contributed by atoms with Crippen LogP contribution in [0.1, 0.15) is 44.6 Å². The Kier molecular flexibility index (Phi) is 6.25. The van der Waals surface area contributed by atoms with Crippen molar-refractivity contribution in [2.75, 3.05) is 32.8 Å². The standard InChI is InChI=1S/C20H29N3O3/c1-2-13-26-15-19(25)22-11-7-20(8-12-22)6-3-18(24)23(16-20)14-17-4-9-21-10-5-17/h4-5,9-10H,2-3,6-8,11-16H2,1H3. The molecule has 2 aliphatic heterocycles. The van der Waals surface area contributed by atoms with E-state index in [4.69, 9.17) is 4.74 Å². The van der Waals surface area contributed by atoms with Crippen LogP contribution in [0.25, 0.3) is 0 Å². The first kappa shape index (κ1) is 18.8. The van der Waals surface area contributed by atoms with E-state index in [-0.39, 0.29) is 23.8 Å². The van der Waals surface area contributed by atoms with Crippen molar-refractivity contribution in [3.63, 3.8) is 0 Å². The van der Waals surface area contributed by atoms with Gasteiger partial charge in [0.15, 0.2) is 0 Å². The Morgan fingerprint density at radius 1 is 1.23 bits per heavy atom. The number of nitrogens with zero attached hydrogens (tertiary/aromatic N) is 3. The molecule has 6 heteroatoms. The second kappa shape index (κ2) is 8.62. The Labute approximate surface area is 155 Å². The number of hydrogen-bond acceptors (Lipinski definition) is 4. The quantitative estimate of drug-likeness (QED) is 0.731. The first-order chi connectivity index (χ1) is 12.6. The lowest BCUT2D eigenvalue weighted by Crippen LogP contribution is -2.52. The number of piperidine rings is 2. The summed E-state index contributed by atoms with van der Waals surface area (Å²) in [4.78, 5) is 32.6. The number of carbonyl (C=O) groups is 2. The van der Waals surface area contributed by atoms with Crippen LogP contribution >= 0.6 is 0 Å². The van der Waals surface area contributed by atoms with Gasteiger partial charge in [-0.25, -0.2) is 0 Å². The second-order valence-electron chi connectivity index (χ2n) is 7.54. The zero-order valence-corrected chi connectivity index (χ0v) is 15.7. The van der Waals surface area contributed by atoms with Crippen LogP contribution < -0.4 is 0 Å². The predicted molar refractivity (Wildman–Crippen MR) is 98.2 cm³/mol. The third kappa shape index (κ3) is 4.61. The fourth-order valence-electron chi connectivity index (χ4n) is 3.99. The van der Waals surface area contributed by atoms with Crippen LogP contribution in [0, 0.1) is 5.41 Å². The second-order valence-corrected chi connectivity index (χ2v) is 7.54. The predicted octanol–water partition coefficient (Wildman–Crippen LogP) is 2.24. The molecular weight excluding hydrogens is 330 g/mol. The number of ether oxygens (including phenoxy) is 1. The number of hydrogen-bond donors (Lipinski definition) is 0. The summed E-state index contributed by atoms with van der Waals surface area (Å²) >= 11 is 0. The van der Waals surface area contributed by atoms with Gasteiger partial charge in [0.05, 0.1) is 0 Å². The highest BCUT2D eigenvalue weighted by Gasteiger charge is 2.41. The molecule has 1 aromatic heterocycles. The lowest BCUT2D eigenvalue weighted by atomic mass is 9.72. The molecule has 0 bridgehead atoms. The molecule has 6 nitrogen and oxygen atoms in total. The van der Waals surface area contributed by atoms with Crippen LogP contribution in [0.2, 0.25) is 0 Å². The van der Waals surface area contributed by atoms with E-state index in [0.29, 0.717) is 19.6 Å². The van der Waals surface area contributed by atoms with E-state index in [9.17, 15) is 9.59 Å². The van der Waals surface area contributed by atoms with Crippen molar-refractivity contribution in [3.8, 4) is 0 Å². The first-order valence-corrected chi connectivity index (χ1v) is 9.64. The van der Waals surface area contributed by atoms with Crippen molar-refractivity contribution in [2.24, 2.45) is 5.41 Å². The fourth-order valence-corrected chi connectivity index (χ4v) is 3.99. The Morgan fingerprint density at radius 2 is 1.96 bits per heavy atom. The third-order valence-electron chi connectivity index (χ3n) is 5.62. The third-order valence-corrected chi connectivity index (χ3v) is 5.62. The van der Waals surface area contributed by atoms with E-state index in [1.807, 2.05) is 28.9 Å². The molecule has 0 aromatic carbocycles. The number of rotatable bonds is 6. The highest BCUT2D eigenvalue weighted by atomic mass is 16.5. The molecule has 1 aromatic rings. The van der Waals surface area contributed by atoms with Crippen molar-refractivity contribution in [2.45, 2.75) is 45.6 Å². The normalized spacial score (nSPS) is 19.8. The number of likely N-dealkylation sites (tertiary alicyclic amines) is 2. The van der Waals surface area contributed by atoms with E-state index in [1.165, 1.54) is 0 Å². The Hall–Kier alpha value is -1.95. The van der Waals surface area contributed by atoms with Gasteiger partial charge < -0.3 is 14.5 Å². The molecule has 1 spiro atoms. The highest BCUT2D eigenvalue weighted by molar-refractivity contribution is 5.78. The molecule has 0 atom stereocenters. The van der Waals surface area contributed by atoms with E-state index in [0.717, 1.165) is 50.9 Å². The van der Waals surface area contributed by atoms with E-state index < -0.39 is 0 Å². The Balaban J connectivity index is 1.54. The Morgan fingerprint density at radius 3 is 2.65 bits per heavy atom. The largest absolute Gasteiger partial charge is 0.372 e. The maximum atomic E-state index is 12.4. The maximum Gasteiger partial charge on any atom is 0.248 e. The maximum absolute atomic E-state index is 12.4. The molecule has 0 unspecified atom stereocenters. The van der Waals surface area contributed by atoms with Crippen molar-refractivity contribution < 1.29 is 14.3 Å². The summed E-state index contributed by atoms with van der Waals surface area (Å²) < 4.78 is 5.38. The van der Waals surface area contributed by atoms with Crippen LogP contribution in [0.15, 0.2) is 24.5 Å². The van der Waals surface area contributed by atoms with Gasteiger partial charge in [0.2, 0.25) is 11.8 Å². The van der Waals surface area contributed by atoms with Crippen molar-refractivity contribution in [1.82, 2.24) is 14.8 Å². The van der Waals surface area contributed by atoms with Crippen LogP contribution in [0.3, 0.4) is 0 Å². The summed E-state index contributed by atoms with van der Waals surface area (Å²) in [7, 11) is 0. The van der Waals surface area contributed by atoms with Gasteiger partial charge in [0.25, 0.3) is 0 Å². The first-order valence-electron chi connectivity index (χ1n) is 9.64. The molecule has 142 valence electrons. The van der Waals surface area contributed by atoms with E-state index >= 15 is 0 Å². The lowest BCUT2D eigenvalue weighted by molar-refractivity contribution is -0.145. The smallest absolute Gasteiger partial charge is 0.248 e. The molecular formula is C20H29N3O3. The van der Waals surface area contributed by atoms with Gasteiger partial charge in [0.1, 0.15) is 6.61 Å². The fraction of sp³-hybridized carbons (Fsp3) is 0.650. The van der Waals surface area contributed by atoms with Gasteiger partial charge in [-0.05, 0) is 48.8 Å². The van der Waals surface area contributed by atoms with Crippen LogP contribution in [0.4, 0.5) is 0 Å². The topological polar surface area (TPSA) is 62.7 Å². The minimum Gasteiger partial charge on any atom is -0.372 e. The minimum absolute atomic E-state index is 0.0915. The summed E-state index contributed by atoms with van der Waals surface area (Å²) in [6, 6.07) is 3.93. The number of amides is 2. The average molecular weight is 359 g/mol. The van der Waals surface area contributed by atoms with Gasteiger partial charge in [-0.2, -0.15) is 0 Å². The van der Waals surface area contributed by atoms with Crippen molar-refractivity contribution in [1.29, 1.82) is 0 Å². The van der Waals surface area contributed by atoms with E-state index in [1.54, 1.807) is 12.4 Å². The summed E-state index contributed by atoms with van der Waals surface area (Å²) in [5, 5.41) is 0. The van der Waals surface area contributed by atoms with Gasteiger partial charge in [-0.1, -0.05) is 6.92 Å². The molecule has 0 saturated carbocycles. The number of pyridine rings is 1. The molecule has 26 heavy (non-hydrogen) atoms. The van der Waals surface area contributed by atoms with Crippen molar-refractivity contribution >= 4 is 11.8 Å².